The number of nitrogens with one attached hydrogen (secondary N) is 1. The van der Waals surface area contributed by atoms with Crippen LogP contribution in [0.1, 0.15) is 121 Å². The smallest absolute Gasteiger partial charge is 0.240 e. The largest absolute Gasteiger partial charge is 0.508 e. The number of amides is 1. The van der Waals surface area contributed by atoms with Crippen molar-refractivity contribution in [1.82, 2.24) is 10.2 Å². The van der Waals surface area contributed by atoms with Crippen LogP contribution in [0, 0.1) is 57.2 Å². The van der Waals surface area contributed by atoms with Crippen LogP contribution in [0.3, 0.4) is 0 Å². The summed E-state index contributed by atoms with van der Waals surface area (Å²) in [5.41, 5.74) is -5.46. The van der Waals surface area contributed by atoms with Crippen molar-refractivity contribution in [2.24, 2.45) is 45.3 Å². The second-order valence-electron chi connectivity index (χ2n) is 23.2. The fourth-order valence-electron chi connectivity index (χ4n) is 16.5. The molecule has 11 rings (SSSR count). The van der Waals surface area contributed by atoms with Crippen LogP contribution in [0.4, 0.5) is 0 Å². The van der Waals surface area contributed by atoms with E-state index >= 15 is 4.79 Å². The maximum Gasteiger partial charge on any atom is 0.240 e. The molecular weight excluding hydrogens is 873 g/mol. The van der Waals surface area contributed by atoms with Crippen molar-refractivity contribution in [3.63, 3.8) is 0 Å². The highest BCUT2D eigenvalue weighted by atomic mass is 16.6. The number of phenolic OH excluding ortho intramolecular Hbond substituents is 1. The summed E-state index contributed by atoms with van der Waals surface area (Å²) in [6, 6.07) is 4.06. The lowest BCUT2D eigenvalue weighted by Gasteiger charge is -2.64. The Bertz CT molecular complexity index is 2260. The van der Waals surface area contributed by atoms with Crippen LogP contribution < -0.4 is 5.32 Å². The second kappa shape index (κ2) is 17.1. The van der Waals surface area contributed by atoms with Crippen molar-refractivity contribution in [2.75, 3.05) is 40.1 Å². The van der Waals surface area contributed by atoms with Crippen molar-refractivity contribution in [3.8, 4) is 17.6 Å². The maximum atomic E-state index is 15.2. The van der Waals surface area contributed by atoms with E-state index in [9.17, 15) is 45.6 Å². The van der Waals surface area contributed by atoms with Gasteiger partial charge in [0.1, 0.15) is 29.8 Å². The van der Waals surface area contributed by atoms with E-state index in [1.807, 2.05) is 13.0 Å². The Morgan fingerprint density at radius 2 is 1.75 bits per heavy atom. The third-order valence-corrected chi connectivity index (χ3v) is 20.2. The Balaban J connectivity index is 1.08. The molecule has 0 aromatic heterocycles. The average molecular weight is 947 g/mol. The van der Waals surface area contributed by atoms with Crippen LogP contribution in [0.2, 0.25) is 0 Å². The monoisotopic (exact) mass is 947 g/mol. The van der Waals surface area contributed by atoms with Crippen LogP contribution in [0.25, 0.3) is 0 Å². The van der Waals surface area contributed by atoms with Gasteiger partial charge in [0.05, 0.1) is 29.2 Å². The third kappa shape index (κ3) is 6.86. The van der Waals surface area contributed by atoms with Gasteiger partial charge in [0.2, 0.25) is 11.7 Å². The minimum absolute atomic E-state index is 0.0263. The van der Waals surface area contributed by atoms with Gasteiger partial charge in [0, 0.05) is 81.0 Å². The molecule has 68 heavy (non-hydrogen) atoms. The van der Waals surface area contributed by atoms with Gasteiger partial charge in [-0.3, -0.25) is 14.9 Å². The summed E-state index contributed by atoms with van der Waals surface area (Å²) in [4.78, 5) is 31.6. The molecule has 0 radical (unpaired) electrons. The summed E-state index contributed by atoms with van der Waals surface area (Å²) in [7, 11) is 1.66. The molecule has 5 heterocycles. The maximum absolute atomic E-state index is 15.2. The fraction of sp³-hybridized carbons (Fsp3) is 0.774. The number of carbonyl (C=O) groups is 2. The fourth-order valence-corrected chi connectivity index (χ4v) is 16.5. The molecule has 1 aromatic rings. The van der Waals surface area contributed by atoms with E-state index in [0.29, 0.717) is 96.0 Å². The zero-order valence-electron chi connectivity index (χ0n) is 40.2. The van der Waals surface area contributed by atoms with Gasteiger partial charge in [0.25, 0.3) is 0 Å². The van der Waals surface area contributed by atoms with Crippen molar-refractivity contribution in [2.45, 2.75) is 170 Å². The SMILES string of the molecule is COCCCO[C@H]1CC[C@@]2(C)[C@@H](C1)C(=O)C=C1[C@]3(O)CC[C@@H]4[C@](C)(O)C(O)(O)[C@H]5O[C@H]6[C@@H]([C@H]5CO)[C@@]5(CC[C@@H](c7ccc(O)cc7CCCO)C5)[C@@H](N[C@@H]6O)C(=O)N5C[C@@H]5CC#C[C@]12CC[C@]43C. The highest BCUT2D eigenvalue weighted by Gasteiger charge is 2.77. The molecule has 17 atom stereocenters. The predicted octanol–water partition coefficient (Wildman–Crippen LogP) is 2.57. The number of ketones is 1. The summed E-state index contributed by atoms with van der Waals surface area (Å²) in [5.74, 6) is 0.679. The number of rotatable bonds is 10. The minimum atomic E-state index is -3.05. The topological polar surface area (TPSA) is 239 Å². The Hall–Kier alpha value is -2.98. The minimum Gasteiger partial charge on any atom is -0.508 e. The van der Waals surface area contributed by atoms with Crippen LogP contribution in [0.15, 0.2) is 29.8 Å². The standard InChI is InChI=1S/C53H74N2O13/c1-47-16-13-34(67-23-7-22-66-4)25-37(47)38(59)26-40-51(47)15-5-9-32-28-55(32)46(61)43-50(17-12-31(27-50)35-11-10-33(58)24-30(35)8-6-21-56)41-36(29-57)44(68-42(41)45(60)54-43)53(64,65)49(3,62)39-14-18-52(40,63)48(39,2)19-20-51/h10-11,24,26,31-32,34,36-37,39,41-45,54,56-58,60,62-65H,6-9,12-14,16-23,25,27-29H2,1-4H3/t31-,32+,34+,36-,37+,39+,41-,42+,43+,44+,45-,47+,48-,49+,50+,51+,52-,55?/m1/s1. The van der Waals surface area contributed by atoms with Crippen LogP contribution in [-0.4, -0.2) is 151 Å². The lowest BCUT2D eigenvalue weighted by molar-refractivity contribution is -0.345. The number of aromatic hydroxyl groups is 1. The number of aliphatic hydroxyl groups is 7. The molecule has 4 saturated carbocycles. The summed E-state index contributed by atoms with van der Waals surface area (Å²) < 4.78 is 18.2. The van der Waals surface area contributed by atoms with Crippen molar-refractivity contribution < 1.29 is 64.7 Å². The van der Waals surface area contributed by atoms with E-state index in [1.165, 1.54) is 6.92 Å². The lowest BCUT2D eigenvalue weighted by Crippen LogP contribution is -2.70. The molecule has 10 aliphatic rings. The van der Waals surface area contributed by atoms with E-state index in [1.54, 1.807) is 30.2 Å². The number of carbonyl (C=O) groups excluding carboxylic acids is 2. The highest BCUT2D eigenvalue weighted by Crippen LogP contribution is 2.74. The van der Waals surface area contributed by atoms with Gasteiger partial charge < -0.3 is 60.0 Å². The molecule has 7 fully saturated rings. The summed E-state index contributed by atoms with van der Waals surface area (Å²) >= 11 is 0. The Morgan fingerprint density at radius 3 is 2.50 bits per heavy atom. The molecule has 15 heteroatoms. The molecule has 1 amide bonds. The zero-order valence-corrected chi connectivity index (χ0v) is 40.2. The molecule has 15 nitrogen and oxygen atoms in total. The van der Waals surface area contributed by atoms with E-state index in [4.69, 9.17) is 14.2 Å². The Morgan fingerprint density at radius 1 is 0.956 bits per heavy atom. The zero-order chi connectivity index (χ0) is 48.4. The van der Waals surface area contributed by atoms with Crippen molar-refractivity contribution >= 4 is 11.7 Å². The summed E-state index contributed by atoms with van der Waals surface area (Å²) in [6.07, 6.45) is 3.85. The Kier molecular flexibility index (Phi) is 12.2. The molecule has 5 aliphatic heterocycles. The number of aliphatic hydroxyl groups excluding tert-OH is 3. The molecule has 3 saturated heterocycles. The number of ether oxygens (including phenoxy) is 3. The first-order valence-electron chi connectivity index (χ1n) is 25.5. The number of hydrogen-bond acceptors (Lipinski definition) is 14. The lowest BCUT2D eigenvalue weighted by atomic mass is 9.39. The number of benzene rings is 1. The number of phenols is 1. The van der Waals surface area contributed by atoms with Crippen LogP contribution in [0.5, 0.6) is 5.75 Å². The van der Waals surface area contributed by atoms with Gasteiger partial charge >= 0.3 is 0 Å². The molecule has 7 bridgehead atoms. The first kappa shape index (κ1) is 48.6. The molecule has 1 aromatic carbocycles. The first-order valence-corrected chi connectivity index (χ1v) is 25.5. The van der Waals surface area contributed by atoms with Gasteiger partial charge in [-0.2, -0.15) is 0 Å². The first-order chi connectivity index (χ1) is 32.3. The van der Waals surface area contributed by atoms with Gasteiger partial charge in [-0.15, -0.1) is 5.92 Å². The average Bonchev–Trinajstić information content (AvgIpc) is 3.59. The van der Waals surface area contributed by atoms with Gasteiger partial charge in [-0.05, 0) is 137 Å². The molecule has 374 valence electrons. The summed E-state index contributed by atoms with van der Waals surface area (Å²) in [6.45, 7) is 6.28. The quantitative estimate of drug-likeness (QED) is 0.0710. The van der Waals surface area contributed by atoms with Gasteiger partial charge in [-0.25, -0.2) is 0 Å². The number of allylic oxidation sites excluding steroid dienone is 1. The van der Waals surface area contributed by atoms with E-state index < -0.39 is 93.4 Å². The Labute approximate surface area is 399 Å². The van der Waals surface area contributed by atoms with Gasteiger partial charge in [0.15, 0.2) is 5.78 Å². The number of piperidine rings is 1. The van der Waals surface area contributed by atoms with Crippen LogP contribution in [-0.2, 0) is 30.2 Å². The molecule has 2 spiro atoms. The number of fused-ring (bicyclic) bond motifs is 4. The number of nitrogens with zero attached hydrogens (tertiary/aromatic N) is 1. The molecule has 0 unspecified atom stereocenters. The van der Waals surface area contributed by atoms with E-state index in [2.05, 4.69) is 24.1 Å². The normalized spacial score (nSPS) is 46.7. The summed E-state index contributed by atoms with van der Waals surface area (Å²) in [5, 5.41) is 99.1. The molecule has 9 N–H and O–H groups in total. The van der Waals surface area contributed by atoms with Crippen LogP contribution >= 0.6 is 0 Å². The number of aryl methyl sites for hydroxylation is 1. The number of methoxy groups -OCH3 is 1. The van der Waals surface area contributed by atoms with E-state index in [0.717, 1.165) is 17.5 Å². The molecular formula is C53H74N2O13. The second-order valence-corrected chi connectivity index (χ2v) is 23.2. The van der Waals surface area contributed by atoms with Gasteiger partial charge in [-0.1, -0.05) is 25.8 Å². The molecule has 5 aliphatic carbocycles. The predicted molar refractivity (Wildman–Crippen MR) is 246 cm³/mol. The van der Waals surface area contributed by atoms with Crippen molar-refractivity contribution in [1.29, 1.82) is 0 Å². The highest BCUT2D eigenvalue weighted by molar-refractivity contribution is 5.96. The number of hydrogen-bond donors (Lipinski definition) is 9. The third-order valence-electron chi connectivity index (χ3n) is 20.2. The van der Waals surface area contributed by atoms with Crippen molar-refractivity contribution in [3.05, 3.63) is 41.0 Å². The van der Waals surface area contributed by atoms with E-state index in [-0.39, 0.29) is 55.0 Å².